The lowest BCUT2D eigenvalue weighted by Crippen LogP contribution is -2.08. The van der Waals surface area contributed by atoms with Crippen LogP contribution in [-0.4, -0.2) is 14.2 Å². The Balaban J connectivity index is 2.81. The maximum Gasteiger partial charge on any atom is 0.119 e. The highest BCUT2D eigenvalue weighted by molar-refractivity contribution is 5.50. The van der Waals surface area contributed by atoms with Gasteiger partial charge in [0.15, 0.2) is 0 Å². The molecule has 0 saturated carbocycles. The third-order valence-electron chi connectivity index (χ3n) is 1.93. The second kappa shape index (κ2) is 4.70. The minimum absolute atomic E-state index is 0.888. The van der Waals surface area contributed by atoms with E-state index in [1.807, 2.05) is 31.3 Å². The molecule has 0 N–H and O–H groups in total. The minimum atomic E-state index is 0.888. The maximum absolute atomic E-state index is 5.10. The zero-order valence-corrected chi connectivity index (χ0v) is 9.24. The van der Waals surface area contributed by atoms with Crippen molar-refractivity contribution in [1.29, 1.82) is 0 Å². The van der Waals surface area contributed by atoms with Gasteiger partial charge in [-0.1, -0.05) is 5.57 Å². The van der Waals surface area contributed by atoms with Gasteiger partial charge in [-0.05, 0) is 38.1 Å². The van der Waals surface area contributed by atoms with E-state index in [0.29, 0.717) is 0 Å². The average Bonchev–Trinajstić information content (AvgIpc) is 2.17. The smallest absolute Gasteiger partial charge is 0.119 e. The number of hydrogen-bond acceptors (Lipinski definition) is 2. The average molecular weight is 191 g/mol. The van der Waals surface area contributed by atoms with Gasteiger partial charge in [-0.25, -0.2) is 0 Å². The quantitative estimate of drug-likeness (QED) is 0.728. The van der Waals surface area contributed by atoms with Crippen LogP contribution in [0.15, 0.2) is 36.0 Å². The number of methoxy groups -OCH3 is 1. The summed E-state index contributed by atoms with van der Waals surface area (Å²) in [7, 11) is 3.71. The molecular weight excluding hydrogens is 174 g/mol. The highest BCUT2D eigenvalue weighted by Gasteiger charge is 1.97. The standard InChI is InChI=1S/C12H17NO/c1-10(2)9-13(3)11-5-7-12(14-4)8-6-11/h5-9H,1-4H3. The Labute approximate surface area is 85.8 Å². The molecule has 0 amide bonds. The summed E-state index contributed by atoms with van der Waals surface area (Å²) in [6, 6.07) is 8.01. The first kappa shape index (κ1) is 10.6. The molecule has 0 heterocycles. The Kier molecular flexibility index (Phi) is 3.57. The number of hydrogen-bond donors (Lipinski definition) is 0. The van der Waals surface area contributed by atoms with E-state index in [1.165, 1.54) is 5.57 Å². The largest absolute Gasteiger partial charge is 0.497 e. The molecule has 0 atom stereocenters. The molecule has 1 rings (SSSR count). The van der Waals surface area contributed by atoms with Gasteiger partial charge in [0, 0.05) is 18.9 Å². The lowest BCUT2D eigenvalue weighted by Gasteiger charge is -2.15. The summed E-state index contributed by atoms with van der Waals surface area (Å²) in [6.45, 7) is 4.17. The van der Waals surface area contributed by atoms with Crippen molar-refractivity contribution in [2.75, 3.05) is 19.1 Å². The third-order valence-corrected chi connectivity index (χ3v) is 1.93. The SMILES string of the molecule is COc1ccc(N(C)C=C(C)C)cc1. The molecule has 0 aromatic heterocycles. The normalized spacial score (nSPS) is 9.43. The fourth-order valence-corrected chi connectivity index (χ4v) is 1.28. The van der Waals surface area contributed by atoms with Crippen LogP contribution in [0.1, 0.15) is 13.8 Å². The van der Waals surface area contributed by atoms with Gasteiger partial charge in [0.25, 0.3) is 0 Å². The molecule has 0 spiro atoms. The molecule has 0 radical (unpaired) electrons. The van der Waals surface area contributed by atoms with Crippen molar-refractivity contribution in [2.45, 2.75) is 13.8 Å². The molecule has 0 aliphatic carbocycles. The number of ether oxygens (including phenoxy) is 1. The van der Waals surface area contributed by atoms with Gasteiger partial charge in [0.05, 0.1) is 7.11 Å². The van der Waals surface area contributed by atoms with Gasteiger partial charge in [0.1, 0.15) is 5.75 Å². The molecule has 76 valence electrons. The van der Waals surface area contributed by atoms with Crippen molar-refractivity contribution >= 4 is 5.69 Å². The number of nitrogens with zero attached hydrogens (tertiary/aromatic N) is 1. The van der Waals surface area contributed by atoms with Crippen molar-refractivity contribution in [3.8, 4) is 5.75 Å². The van der Waals surface area contributed by atoms with E-state index in [1.54, 1.807) is 7.11 Å². The van der Waals surface area contributed by atoms with Crippen LogP contribution in [0, 0.1) is 0 Å². The third kappa shape index (κ3) is 2.80. The molecule has 0 unspecified atom stereocenters. The molecule has 0 fully saturated rings. The van der Waals surface area contributed by atoms with Crippen LogP contribution >= 0.6 is 0 Å². The van der Waals surface area contributed by atoms with E-state index < -0.39 is 0 Å². The molecule has 1 aromatic carbocycles. The zero-order valence-electron chi connectivity index (χ0n) is 9.24. The lowest BCUT2D eigenvalue weighted by molar-refractivity contribution is 0.415. The number of anilines is 1. The van der Waals surface area contributed by atoms with Crippen molar-refractivity contribution < 1.29 is 4.74 Å². The molecule has 2 heteroatoms. The zero-order chi connectivity index (χ0) is 10.6. The van der Waals surface area contributed by atoms with Gasteiger partial charge in [-0.15, -0.1) is 0 Å². The van der Waals surface area contributed by atoms with E-state index >= 15 is 0 Å². The fourth-order valence-electron chi connectivity index (χ4n) is 1.28. The van der Waals surface area contributed by atoms with Crippen molar-refractivity contribution in [1.82, 2.24) is 0 Å². The van der Waals surface area contributed by atoms with E-state index in [-0.39, 0.29) is 0 Å². The lowest BCUT2D eigenvalue weighted by atomic mass is 10.3. The molecule has 0 aliphatic rings. The van der Waals surface area contributed by atoms with Crippen molar-refractivity contribution in [2.24, 2.45) is 0 Å². The van der Waals surface area contributed by atoms with Crippen molar-refractivity contribution in [3.05, 3.63) is 36.0 Å². The first-order chi connectivity index (χ1) is 6.63. The van der Waals surface area contributed by atoms with Crippen LogP contribution in [0.25, 0.3) is 0 Å². The first-order valence-corrected chi connectivity index (χ1v) is 4.65. The molecule has 0 bridgehead atoms. The van der Waals surface area contributed by atoms with Gasteiger partial charge in [-0.2, -0.15) is 0 Å². The summed E-state index contributed by atoms with van der Waals surface area (Å²) >= 11 is 0. The van der Waals surface area contributed by atoms with Gasteiger partial charge >= 0.3 is 0 Å². The first-order valence-electron chi connectivity index (χ1n) is 4.65. The van der Waals surface area contributed by atoms with Crippen LogP contribution in [0.2, 0.25) is 0 Å². The number of allylic oxidation sites excluding steroid dienone is 1. The van der Waals surface area contributed by atoms with Crippen molar-refractivity contribution in [3.63, 3.8) is 0 Å². The summed E-state index contributed by atoms with van der Waals surface area (Å²) in [5, 5.41) is 0. The Morgan fingerprint density at radius 2 is 1.79 bits per heavy atom. The van der Waals surface area contributed by atoms with E-state index in [2.05, 4.69) is 24.9 Å². The Hall–Kier alpha value is -1.44. The second-order valence-corrected chi connectivity index (χ2v) is 3.52. The Bertz CT molecular complexity index is 310. The summed E-state index contributed by atoms with van der Waals surface area (Å²) in [5.74, 6) is 0.888. The van der Waals surface area contributed by atoms with E-state index in [0.717, 1.165) is 11.4 Å². The summed E-state index contributed by atoms with van der Waals surface area (Å²) < 4.78 is 5.10. The number of rotatable bonds is 3. The molecule has 1 aromatic rings. The molecule has 2 nitrogen and oxygen atoms in total. The summed E-state index contributed by atoms with van der Waals surface area (Å²) in [6.07, 6.45) is 2.10. The summed E-state index contributed by atoms with van der Waals surface area (Å²) in [5.41, 5.74) is 2.44. The summed E-state index contributed by atoms with van der Waals surface area (Å²) in [4.78, 5) is 2.09. The van der Waals surface area contributed by atoms with Crippen LogP contribution in [0.5, 0.6) is 5.75 Å². The molecular formula is C12H17NO. The van der Waals surface area contributed by atoms with E-state index in [4.69, 9.17) is 4.74 Å². The van der Waals surface area contributed by atoms with Gasteiger partial charge < -0.3 is 9.64 Å². The Morgan fingerprint density at radius 3 is 2.21 bits per heavy atom. The Morgan fingerprint density at radius 1 is 1.21 bits per heavy atom. The minimum Gasteiger partial charge on any atom is -0.497 e. The van der Waals surface area contributed by atoms with Gasteiger partial charge in [-0.3, -0.25) is 0 Å². The molecule has 0 saturated heterocycles. The predicted octanol–water partition coefficient (Wildman–Crippen LogP) is 3.06. The highest BCUT2D eigenvalue weighted by Crippen LogP contribution is 2.18. The fraction of sp³-hybridized carbons (Fsp3) is 0.333. The highest BCUT2D eigenvalue weighted by atomic mass is 16.5. The maximum atomic E-state index is 5.10. The number of benzene rings is 1. The second-order valence-electron chi connectivity index (χ2n) is 3.52. The van der Waals surface area contributed by atoms with E-state index in [9.17, 15) is 0 Å². The monoisotopic (exact) mass is 191 g/mol. The van der Waals surface area contributed by atoms with Crippen LogP contribution in [0.3, 0.4) is 0 Å². The van der Waals surface area contributed by atoms with Crippen LogP contribution in [0.4, 0.5) is 5.69 Å². The molecule has 0 aliphatic heterocycles. The van der Waals surface area contributed by atoms with Gasteiger partial charge in [0.2, 0.25) is 0 Å². The van der Waals surface area contributed by atoms with Crippen LogP contribution in [-0.2, 0) is 0 Å². The predicted molar refractivity (Wildman–Crippen MR) is 60.8 cm³/mol. The topological polar surface area (TPSA) is 12.5 Å². The molecule has 14 heavy (non-hydrogen) atoms. The van der Waals surface area contributed by atoms with Crippen LogP contribution < -0.4 is 9.64 Å².